The lowest BCUT2D eigenvalue weighted by atomic mass is 9.78. The molecule has 1 saturated carbocycles. The SMILES string of the molecule is C[C@@H]1[C@@H](C)CCC[C@H]1NC(=S)Nc1ccc(SC(F)F)cc1. The lowest BCUT2D eigenvalue weighted by Gasteiger charge is -2.35. The Hall–Kier alpha value is -0.880. The molecule has 1 aromatic rings. The Kier molecular flexibility index (Phi) is 6.44. The van der Waals surface area contributed by atoms with Gasteiger partial charge in [-0.3, -0.25) is 0 Å². The maximum absolute atomic E-state index is 12.3. The van der Waals surface area contributed by atoms with Crippen LogP contribution in [0.15, 0.2) is 29.2 Å². The summed E-state index contributed by atoms with van der Waals surface area (Å²) in [6.07, 6.45) is 3.64. The van der Waals surface area contributed by atoms with Crippen molar-refractivity contribution in [2.75, 3.05) is 5.32 Å². The average Bonchev–Trinajstić information content (AvgIpc) is 2.45. The van der Waals surface area contributed by atoms with Gasteiger partial charge in [0.15, 0.2) is 5.11 Å². The molecule has 3 atom stereocenters. The molecular formula is C16H22F2N2S2. The molecule has 1 fully saturated rings. The Morgan fingerprint density at radius 3 is 2.55 bits per heavy atom. The minimum Gasteiger partial charge on any atom is -0.359 e. The van der Waals surface area contributed by atoms with Gasteiger partial charge in [-0.25, -0.2) is 0 Å². The van der Waals surface area contributed by atoms with E-state index in [0.29, 0.717) is 39.6 Å². The van der Waals surface area contributed by atoms with Crippen molar-refractivity contribution in [1.29, 1.82) is 0 Å². The van der Waals surface area contributed by atoms with E-state index in [1.54, 1.807) is 24.3 Å². The molecule has 6 heteroatoms. The first-order valence-corrected chi connectivity index (χ1v) is 8.87. The van der Waals surface area contributed by atoms with Crippen LogP contribution in [0, 0.1) is 11.8 Å². The van der Waals surface area contributed by atoms with Gasteiger partial charge in [0.2, 0.25) is 0 Å². The van der Waals surface area contributed by atoms with Crippen molar-refractivity contribution in [2.45, 2.75) is 49.8 Å². The van der Waals surface area contributed by atoms with Crippen molar-refractivity contribution < 1.29 is 8.78 Å². The number of hydrogen-bond donors (Lipinski definition) is 2. The Bertz CT molecular complexity index is 493. The Morgan fingerprint density at radius 1 is 1.23 bits per heavy atom. The van der Waals surface area contributed by atoms with Crippen molar-refractivity contribution in [2.24, 2.45) is 11.8 Å². The number of halogens is 2. The normalized spacial score (nSPS) is 25.0. The highest BCUT2D eigenvalue weighted by molar-refractivity contribution is 7.99. The molecule has 0 radical (unpaired) electrons. The second-order valence-electron chi connectivity index (χ2n) is 5.88. The molecule has 0 saturated heterocycles. The molecule has 0 heterocycles. The van der Waals surface area contributed by atoms with Gasteiger partial charge in [0, 0.05) is 16.6 Å². The van der Waals surface area contributed by atoms with E-state index in [1.807, 2.05) is 0 Å². The number of nitrogens with one attached hydrogen (secondary N) is 2. The fourth-order valence-corrected chi connectivity index (χ4v) is 3.61. The highest BCUT2D eigenvalue weighted by Gasteiger charge is 2.27. The van der Waals surface area contributed by atoms with Crippen molar-refractivity contribution in [3.05, 3.63) is 24.3 Å². The lowest BCUT2D eigenvalue weighted by Crippen LogP contribution is -2.45. The quantitative estimate of drug-likeness (QED) is 0.585. The van der Waals surface area contributed by atoms with Crippen LogP contribution >= 0.6 is 24.0 Å². The van der Waals surface area contributed by atoms with Crippen LogP contribution in [-0.2, 0) is 0 Å². The minimum absolute atomic E-state index is 0.400. The maximum Gasteiger partial charge on any atom is 0.288 e. The van der Waals surface area contributed by atoms with Crippen LogP contribution < -0.4 is 10.6 Å². The second kappa shape index (κ2) is 8.11. The zero-order valence-electron chi connectivity index (χ0n) is 12.8. The molecule has 0 bridgehead atoms. The summed E-state index contributed by atoms with van der Waals surface area (Å²) in [5.41, 5.74) is 0.813. The maximum atomic E-state index is 12.3. The highest BCUT2D eigenvalue weighted by atomic mass is 32.2. The number of alkyl halides is 2. The van der Waals surface area contributed by atoms with E-state index in [-0.39, 0.29) is 0 Å². The predicted octanol–water partition coefficient (Wildman–Crippen LogP) is 5.11. The van der Waals surface area contributed by atoms with E-state index in [0.717, 1.165) is 12.1 Å². The zero-order chi connectivity index (χ0) is 16.1. The van der Waals surface area contributed by atoms with Crippen molar-refractivity contribution in [3.63, 3.8) is 0 Å². The standard InChI is InChI=1S/C16H22F2N2S2/c1-10-4-3-5-14(11(10)2)20-16(21)19-12-6-8-13(9-7-12)22-15(17)18/h6-11,14-15H,3-5H2,1-2H3,(H2,19,20,21)/t10-,11+,14+/m0/s1. The van der Waals surface area contributed by atoms with E-state index < -0.39 is 5.76 Å². The van der Waals surface area contributed by atoms with Gasteiger partial charge in [-0.1, -0.05) is 38.5 Å². The first kappa shape index (κ1) is 17.5. The fourth-order valence-electron chi connectivity index (χ4n) is 2.84. The molecule has 0 aliphatic heterocycles. The Morgan fingerprint density at radius 2 is 1.91 bits per heavy atom. The molecule has 0 spiro atoms. The van der Waals surface area contributed by atoms with E-state index in [1.165, 1.54) is 12.8 Å². The number of rotatable bonds is 4. The van der Waals surface area contributed by atoms with Gasteiger partial charge in [-0.05, 0) is 54.7 Å². The first-order chi connectivity index (χ1) is 10.5. The Balaban J connectivity index is 1.86. The number of thiocarbonyl (C=S) groups is 1. The van der Waals surface area contributed by atoms with Gasteiger partial charge < -0.3 is 10.6 Å². The summed E-state index contributed by atoms with van der Waals surface area (Å²) in [4.78, 5) is 0.550. The van der Waals surface area contributed by atoms with E-state index in [4.69, 9.17) is 12.2 Å². The van der Waals surface area contributed by atoms with Crippen molar-refractivity contribution in [1.82, 2.24) is 5.32 Å². The first-order valence-electron chi connectivity index (χ1n) is 7.58. The van der Waals surface area contributed by atoms with Gasteiger partial charge in [-0.15, -0.1) is 0 Å². The van der Waals surface area contributed by atoms with Crippen LogP contribution in [0.1, 0.15) is 33.1 Å². The highest BCUT2D eigenvalue weighted by Crippen LogP contribution is 2.29. The summed E-state index contributed by atoms with van der Waals surface area (Å²) < 4.78 is 24.6. The predicted molar refractivity (Wildman–Crippen MR) is 93.6 cm³/mol. The summed E-state index contributed by atoms with van der Waals surface area (Å²) in [5.74, 6) is -1.09. The molecule has 1 aliphatic rings. The molecule has 2 rings (SSSR count). The molecular weight excluding hydrogens is 322 g/mol. The zero-order valence-corrected chi connectivity index (χ0v) is 14.4. The smallest absolute Gasteiger partial charge is 0.288 e. The molecule has 1 aromatic carbocycles. The van der Waals surface area contributed by atoms with E-state index >= 15 is 0 Å². The van der Waals surface area contributed by atoms with Gasteiger partial charge in [0.05, 0.1) is 0 Å². The summed E-state index contributed by atoms with van der Waals surface area (Å²) in [5, 5.41) is 7.12. The third-order valence-electron chi connectivity index (χ3n) is 4.36. The number of anilines is 1. The summed E-state index contributed by atoms with van der Waals surface area (Å²) in [7, 11) is 0. The van der Waals surface area contributed by atoms with Crippen LogP contribution in [-0.4, -0.2) is 16.9 Å². The van der Waals surface area contributed by atoms with Crippen LogP contribution in [0.4, 0.5) is 14.5 Å². The average molecular weight is 344 g/mol. The van der Waals surface area contributed by atoms with Crippen LogP contribution in [0.3, 0.4) is 0 Å². The topological polar surface area (TPSA) is 24.1 Å². The molecule has 0 unspecified atom stereocenters. The fraction of sp³-hybridized carbons (Fsp3) is 0.562. The molecule has 2 N–H and O–H groups in total. The van der Waals surface area contributed by atoms with Crippen LogP contribution in [0.5, 0.6) is 0 Å². The summed E-state index contributed by atoms with van der Waals surface area (Å²) in [6.45, 7) is 4.55. The summed E-state index contributed by atoms with van der Waals surface area (Å²) >= 11 is 5.91. The van der Waals surface area contributed by atoms with Gasteiger partial charge >= 0.3 is 0 Å². The number of thioether (sulfide) groups is 1. The largest absolute Gasteiger partial charge is 0.359 e. The van der Waals surface area contributed by atoms with Gasteiger partial charge in [0.1, 0.15) is 0 Å². The molecule has 0 aromatic heterocycles. The Labute approximate surface area is 140 Å². The number of hydrogen-bond acceptors (Lipinski definition) is 2. The second-order valence-corrected chi connectivity index (χ2v) is 7.35. The molecule has 122 valence electrons. The monoisotopic (exact) mass is 344 g/mol. The molecule has 22 heavy (non-hydrogen) atoms. The van der Waals surface area contributed by atoms with Gasteiger partial charge in [-0.2, -0.15) is 8.78 Å². The van der Waals surface area contributed by atoms with E-state index in [2.05, 4.69) is 24.5 Å². The molecule has 1 aliphatic carbocycles. The minimum atomic E-state index is -2.39. The van der Waals surface area contributed by atoms with Crippen molar-refractivity contribution >= 4 is 34.8 Å². The van der Waals surface area contributed by atoms with Crippen LogP contribution in [0.25, 0.3) is 0 Å². The molecule has 0 amide bonds. The lowest BCUT2D eigenvalue weighted by molar-refractivity contribution is 0.225. The number of benzene rings is 1. The van der Waals surface area contributed by atoms with Gasteiger partial charge in [0.25, 0.3) is 5.76 Å². The summed E-state index contributed by atoms with van der Waals surface area (Å²) in [6, 6.07) is 7.29. The molecule has 2 nitrogen and oxygen atoms in total. The van der Waals surface area contributed by atoms with E-state index in [9.17, 15) is 8.78 Å². The van der Waals surface area contributed by atoms with Crippen LogP contribution in [0.2, 0.25) is 0 Å². The van der Waals surface area contributed by atoms with Crippen molar-refractivity contribution in [3.8, 4) is 0 Å². The third-order valence-corrected chi connectivity index (χ3v) is 5.30. The third kappa shape index (κ3) is 5.09.